The third kappa shape index (κ3) is 4.64. The van der Waals surface area contributed by atoms with Crippen LogP contribution in [-0.4, -0.2) is 36.3 Å². The summed E-state index contributed by atoms with van der Waals surface area (Å²) in [5.41, 5.74) is 5.50. The number of hydrogen-bond donors (Lipinski definition) is 2. The van der Waals surface area contributed by atoms with Gasteiger partial charge in [-0.05, 0) is 6.92 Å². The Kier molecular flexibility index (Phi) is 4.57. The molecule has 1 aromatic heterocycles. The van der Waals surface area contributed by atoms with Gasteiger partial charge in [0.15, 0.2) is 0 Å². The summed E-state index contributed by atoms with van der Waals surface area (Å²) in [5.74, 6) is 0.892. The Bertz CT molecular complexity index is 394. The average Bonchev–Trinajstić information content (AvgIpc) is 2.24. The van der Waals surface area contributed by atoms with Crippen LogP contribution in [0.2, 0.25) is 0 Å². The van der Waals surface area contributed by atoms with Crippen LogP contribution >= 0.6 is 0 Å². The summed E-state index contributed by atoms with van der Waals surface area (Å²) in [6.45, 7) is 2.35. The van der Waals surface area contributed by atoms with Gasteiger partial charge in [0.05, 0.1) is 6.42 Å². The molecule has 102 valence electrons. The van der Waals surface area contributed by atoms with E-state index in [9.17, 15) is 13.2 Å². The van der Waals surface area contributed by atoms with Gasteiger partial charge in [-0.25, -0.2) is 0 Å². The van der Waals surface area contributed by atoms with Gasteiger partial charge in [-0.2, -0.15) is 23.1 Å². The average molecular weight is 263 g/mol. The molecule has 0 unspecified atom stereocenters. The van der Waals surface area contributed by atoms with E-state index in [-0.39, 0.29) is 12.5 Å². The van der Waals surface area contributed by atoms with E-state index in [1.54, 1.807) is 6.07 Å². The number of rotatable bonds is 5. The normalized spacial score (nSPS) is 11.4. The maximum atomic E-state index is 12.1. The Balaban J connectivity index is 2.75. The van der Waals surface area contributed by atoms with Crippen molar-refractivity contribution >= 4 is 17.6 Å². The highest BCUT2D eigenvalue weighted by atomic mass is 19.4. The lowest BCUT2D eigenvalue weighted by Crippen LogP contribution is -2.25. The van der Waals surface area contributed by atoms with Crippen LogP contribution in [0.3, 0.4) is 0 Å². The summed E-state index contributed by atoms with van der Waals surface area (Å²) in [4.78, 5) is 9.22. The largest absolute Gasteiger partial charge is 0.390 e. The molecule has 3 N–H and O–H groups in total. The fourth-order valence-electron chi connectivity index (χ4n) is 1.33. The second-order valence-corrected chi connectivity index (χ2v) is 3.79. The van der Waals surface area contributed by atoms with Crippen molar-refractivity contribution in [3.05, 3.63) is 6.07 Å². The molecule has 0 aliphatic carbocycles. The van der Waals surface area contributed by atoms with Crippen LogP contribution in [0.5, 0.6) is 0 Å². The van der Waals surface area contributed by atoms with Gasteiger partial charge in [-0.15, -0.1) is 0 Å². The number of aromatic nitrogens is 2. The first-order valence-corrected chi connectivity index (χ1v) is 5.48. The fraction of sp³-hybridized carbons (Fsp3) is 0.600. The number of anilines is 3. The smallest absolute Gasteiger partial charge is 0.370 e. The van der Waals surface area contributed by atoms with Gasteiger partial charge in [0, 0.05) is 26.2 Å². The zero-order chi connectivity index (χ0) is 13.8. The van der Waals surface area contributed by atoms with E-state index in [4.69, 9.17) is 5.73 Å². The minimum absolute atomic E-state index is 0.0299. The molecule has 0 aliphatic heterocycles. The number of halogens is 3. The Morgan fingerprint density at radius 3 is 2.61 bits per heavy atom. The Morgan fingerprint density at radius 2 is 2.06 bits per heavy atom. The van der Waals surface area contributed by atoms with Crippen molar-refractivity contribution in [3.8, 4) is 0 Å². The highest BCUT2D eigenvalue weighted by molar-refractivity contribution is 5.52. The summed E-state index contributed by atoms with van der Waals surface area (Å²) >= 11 is 0. The zero-order valence-corrected chi connectivity index (χ0v) is 10.3. The molecule has 0 aliphatic rings. The predicted molar refractivity (Wildman–Crippen MR) is 64.6 cm³/mol. The molecule has 5 nitrogen and oxygen atoms in total. The van der Waals surface area contributed by atoms with Gasteiger partial charge < -0.3 is 16.0 Å². The summed E-state index contributed by atoms with van der Waals surface area (Å²) in [5, 5.41) is 2.94. The molecular formula is C10H16F3N5. The van der Waals surface area contributed by atoms with Crippen LogP contribution in [0.4, 0.5) is 30.8 Å². The van der Waals surface area contributed by atoms with Crippen LogP contribution in [0, 0.1) is 0 Å². The van der Waals surface area contributed by atoms with Crippen LogP contribution in [0.1, 0.15) is 13.3 Å². The molecule has 0 aromatic carbocycles. The van der Waals surface area contributed by atoms with Gasteiger partial charge in [0.2, 0.25) is 5.95 Å². The van der Waals surface area contributed by atoms with E-state index in [0.717, 1.165) is 0 Å². The molecular weight excluding hydrogens is 247 g/mol. The van der Waals surface area contributed by atoms with Gasteiger partial charge in [0.25, 0.3) is 0 Å². The van der Waals surface area contributed by atoms with Crippen LogP contribution in [0.25, 0.3) is 0 Å². The third-order valence-corrected chi connectivity index (χ3v) is 2.21. The van der Waals surface area contributed by atoms with Crippen LogP contribution in [0.15, 0.2) is 6.07 Å². The maximum Gasteiger partial charge on any atom is 0.390 e. The number of nitrogen functional groups attached to an aromatic ring is 1. The summed E-state index contributed by atoms with van der Waals surface area (Å²) in [6, 6.07) is 1.57. The summed E-state index contributed by atoms with van der Waals surface area (Å²) in [6.07, 6.45) is -5.08. The van der Waals surface area contributed by atoms with Gasteiger partial charge in [-0.1, -0.05) is 0 Å². The summed E-state index contributed by atoms with van der Waals surface area (Å²) in [7, 11) is 1.53. The Labute approximate surface area is 103 Å². The van der Waals surface area contributed by atoms with E-state index in [2.05, 4.69) is 15.3 Å². The lowest BCUT2D eigenvalue weighted by atomic mass is 10.3. The molecule has 18 heavy (non-hydrogen) atoms. The Hall–Kier alpha value is -1.73. The lowest BCUT2D eigenvalue weighted by Gasteiger charge is -2.19. The molecule has 1 rings (SSSR count). The van der Waals surface area contributed by atoms with Crippen molar-refractivity contribution in [2.45, 2.75) is 19.5 Å². The Morgan fingerprint density at radius 1 is 1.39 bits per heavy atom. The number of alkyl halides is 3. The standard InChI is InChI=1S/C10H16F3N5/c1-3-15-7-6-8(17-9(14)16-7)18(2)5-4-10(11,12)13/h6H,3-5H2,1-2H3,(H3,14,15,16,17). The maximum absolute atomic E-state index is 12.1. The van der Waals surface area contributed by atoms with Crippen molar-refractivity contribution in [1.82, 2.24) is 9.97 Å². The first kappa shape index (κ1) is 14.3. The highest BCUT2D eigenvalue weighted by Crippen LogP contribution is 2.22. The highest BCUT2D eigenvalue weighted by Gasteiger charge is 2.27. The first-order chi connectivity index (χ1) is 8.31. The molecule has 1 aromatic rings. The number of nitrogens with two attached hydrogens (primary N) is 1. The van der Waals surface area contributed by atoms with Crippen molar-refractivity contribution < 1.29 is 13.2 Å². The second kappa shape index (κ2) is 5.74. The number of hydrogen-bond acceptors (Lipinski definition) is 5. The molecule has 0 radical (unpaired) electrons. The minimum Gasteiger partial charge on any atom is -0.370 e. The van der Waals surface area contributed by atoms with E-state index in [1.165, 1.54) is 11.9 Å². The fourth-order valence-corrected chi connectivity index (χ4v) is 1.33. The number of nitrogens with zero attached hydrogens (tertiary/aromatic N) is 3. The molecule has 0 saturated heterocycles. The topological polar surface area (TPSA) is 67.1 Å². The quantitative estimate of drug-likeness (QED) is 0.849. The molecule has 0 fully saturated rings. The SMILES string of the molecule is CCNc1cc(N(C)CCC(F)(F)F)nc(N)n1. The lowest BCUT2D eigenvalue weighted by molar-refractivity contribution is -0.132. The molecule has 0 bridgehead atoms. The van der Waals surface area contributed by atoms with Crippen LogP contribution in [-0.2, 0) is 0 Å². The third-order valence-electron chi connectivity index (χ3n) is 2.21. The van der Waals surface area contributed by atoms with Gasteiger partial charge in [0.1, 0.15) is 11.6 Å². The monoisotopic (exact) mass is 263 g/mol. The molecule has 0 spiro atoms. The molecule has 0 amide bonds. The van der Waals surface area contributed by atoms with E-state index >= 15 is 0 Å². The van der Waals surface area contributed by atoms with E-state index < -0.39 is 12.6 Å². The predicted octanol–water partition coefficient (Wildman–Crippen LogP) is 1.88. The first-order valence-electron chi connectivity index (χ1n) is 5.48. The van der Waals surface area contributed by atoms with Crippen molar-refractivity contribution in [1.29, 1.82) is 0 Å². The van der Waals surface area contributed by atoms with Crippen molar-refractivity contribution in [2.24, 2.45) is 0 Å². The summed E-state index contributed by atoms with van der Waals surface area (Å²) < 4.78 is 36.3. The van der Waals surface area contributed by atoms with Crippen molar-refractivity contribution in [2.75, 3.05) is 36.1 Å². The van der Waals surface area contributed by atoms with Gasteiger partial charge >= 0.3 is 6.18 Å². The second-order valence-electron chi connectivity index (χ2n) is 3.79. The zero-order valence-electron chi connectivity index (χ0n) is 10.3. The minimum atomic E-state index is -4.18. The van der Waals surface area contributed by atoms with Crippen molar-refractivity contribution in [3.63, 3.8) is 0 Å². The molecule has 1 heterocycles. The van der Waals surface area contributed by atoms with E-state index in [0.29, 0.717) is 18.2 Å². The van der Waals surface area contributed by atoms with E-state index in [1.807, 2.05) is 6.92 Å². The van der Waals surface area contributed by atoms with Crippen LogP contribution < -0.4 is 16.0 Å². The number of nitrogens with one attached hydrogen (secondary N) is 1. The molecule has 0 atom stereocenters. The molecule has 0 saturated carbocycles. The molecule has 8 heteroatoms. The van der Waals surface area contributed by atoms with Gasteiger partial charge in [-0.3, -0.25) is 0 Å².